The molecule has 0 atom stereocenters. The van der Waals surface area contributed by atoms with Crippen molar-refractivity contribution in [1.82, 2.24) is 14.7 Å². The van der Waals surface area contributed by atoms with Crippen LogP contribution in [0.1, 0.15) is 24.0 Å². The lowest BCUT2D eigenvalue weighted by Crippen LogP contribution is -2.20. The van der Waals surface area contributed by atoms with Crippen LogP contribution in [0.15, 0.2) is 28.9 Å². The summed E-state index contributed by atoms with van der Waals surface area (Å²) in [5.41, 5.74) is 1.28. The van der Waals surface area contributed by atoms with Crippen molar-refractivity contribution < 1.29 is 4.42 Å². The second kappa shape index (κ2) is 5.87. The average Bonchev–Trinajstić information content (AvgIpc) is 2.95. The normalized spacial score (nSPS) is 11.3. The molecule has 0 N–H and O–H groups in total. The van der Waals surface area contributed by atoms with Gasteiger partial charge in [-0.05, 0) is 31.2 Å². The first-order chi connectivity index (χ1) is 8.67. The van der Waals surface area contributed by atoms with E-state index in [1.165, 1.54) is 5.56 Å². The van der Waals surface area contributed by atoms with Gasteiger partial charge < -0.3 is 4.42 Å². The highest BCUT2D eigenvalue weighted by Crippen LogP contribution is 2.10. The smallest absolute Gasteiger partial charge is 0.118 e. The van der Waals surface area contributed by atoms with Gasteiger partial charge in [0.2, 0.25) is 0 Å². The minimum atomic E-state index is 0.861. The third-order valence-corrected chi connectivity index (χ3v) is 3.03. The zero-order chi connectivity index (χ0) is 13.0. The summed E-state index contributed by atoms with van der Waals surface area (Å²) in [7, 11) is 4.06. The summed E-state index contributed by atoms with van der Waals surface area (Å²) in [4.78, 5) is 2.27. The zero-order valence-corrected chi connectivity index (χ0v) is 11.4. The molecule has 0 spiro atoms. The summed E-state index contributed by atoms with van der Waals surface area (Å²) >= 11 is 0. The Morgan fingerprint density at radius 3 is 2.72 bits per heavy atom. The van der Waals surface area contributed by atoms with Crippen LogP contribution in [0, 0.1) is 0 Å². The maximum Gasteiger partial charge on any atom is 0.118 e. The monoisotopic (exact) mass is 247 g/mol. The average molecular weight is 247 g/mol. The highest BCUT2D eigenvalue weighted by atomic mass is 16.3. The molecule has 0 saturated heterocycles. The van der Waals surface area contributed by atoms with Gasteiger partial charge in [0.05, 0.1) is 12.7 Å². The van der Waals surface area contributed by atoms with Crippen molar-refractivity contribution in [1.29, 1.82) is 0 Å². The van der Waals surface area contributed by atoms with Gasteiger partial charge in [0.25, 0.3) is 0 Å². The van der Waals surface area contributed by atoms with E-state index in [0.717, 1.165) is 37.5 Å². The minimum absolute atomic E-state index is 0.861. The summed E-state index contributed by atoms with van der Waals surface area (Å²) in [6, 6.07) is 4.13. The predicted octanol–water partition coefficient (Wildman–Crippen LogP) is 2.25. The molecule has 0 radical (unpaired) electrons. The van der Waals surface area contributed by atoms with E-state index in [2.05, 4.69) is 42.3 Å². The molecule has 18 heavy (non-hydrogen) atoms. The molecule has 0 fully saturated rings. The highest BCUT2D eigenvalue weighted by molar-refractivity contribution is 5.07. The fourth-order valence-electron chi connectivity index (χ4n) is 1.96. The van der Waals surface area contributed by atoms with Gasteiger partial charge in [-0.1, -0.05) is 6.92 Å². The lowest BCUT2D eigenvalue weighted by Gasteiger charge is -2.14. The Balaban J connectivity index is 1.79. The van der Waals surface area contributed by atoms with Gasteiger partial charge in [-0.2, -0.15) is 5.10 Å². The molecular weight excluding hydrogens is 226 g/mol. The number of rotatable bonds is 6. The van der Waals surface area contributed by atoms with Gasteiger partial charge in [-0.15, -0.1) is 0 Å². The second-order valence-electron chi connectivity index (χ2n) is 4.73. The minimum Gasteiger partial charge on any atom is -0.465 e. The van der Waals surface area contributed by atoms with E-state index in [0.29, 0.717) is 0 Å². The molecule has 0 aliphatic heterocycles. The van der Waals surface area contributed by atoms with Crippen LogP contribution < -0.4 is 0 Å². The van der Waals surface area contributed by atoms with E-state index < -0.39 is 0 Å². The summed E-state index contributed by atoms with van der Waals surface area (Å²) in [6.07, 6.45) is 5.97. The van der Waals surface area contributed by atoms with Crippen molar-refractivity contribution in [2.75, 3.05) is 13.6 Å². The molecule has 0 unspecified atom stereocenters. The van der Waals surface area contributed by atoms with Crippen LogP contribution in [-0.4, -0.2) is 28.3 Å². The molecular formula is C14H21N3O. The van der Waals surface area contributed by atoms with Crippen molar-refractivity contribution >= 4 is 0 Å². The van der Waals surface area contributed by atoms with Crippen LogP contribution in [0.3, 0.4) is 0 Å². The zero-order valence-electron chi connectivity index (χ0n) is 11.4. The Kier molecular flexibility index (Phi) is 4.20. The van der Waals surface area contributed by atoms with Crippen LogP contribution in [0.25, 0.3) is 0 Å². The Hall–Kier alpha value is -1.55. The number of likely N-dealkylation sites (N-methyl/N-ethyl adjacent to an activating group) is 1. The van der Waals surface area contributed by atoms with Crippen LogP contribution in [0.2, 0.25) is 0 Å². The lowest BCUT2D eigenvalue weighted by molar-refractivity contribution is 0.294. The molecule has 2 aromatic rings. The largest absolute Gasteiger partial charge is 0.465 e. The van der Waals surface area contributed by atoms with E-state index in [9.17, 15) is 0 Å². The van der Waals surface area contributed by atoms with Crippen molar-refractivity contribution in [2.45, 2.75) is 26.3 Å². The maximum atomic E-state index is 5.70. The Bertz CT molecular complexity index is 487. The number of hydrogen-bond donors (Lipinski definition) is 0. The third-order valence-electron chi connectivity index (χ3n) is 3.03. The van der Waals surface area contributed by atoms with Crippen LogP contribution in [0.4, 0.5) is 0 Å². The van der Waals surface area contributed by atoms with Gasteiger partial charge >= 0.3 is 0 Å². The molecule has 4 heteroatoms. The SMILES string of the molecule is CCc1ccc(CN(C)CCc2cnn(C)c2)o1. The number of nitrogens with zero attached hydrogens (tertiary/aromatic N) is 3. The number of hydrogen-bond acceptors (Lipinski definition) is 3. The van der Waals surface area contributed by atoms with E-state index in [-0.39, 0.29) is 0 Å². The van der Waals surface area contributed by atoms with E-state index in [1.807, 2.05) is 17.9 Å². The fraction of sp³-hybridized carbons (Fsp3) is 0.500. The Morgan fingerprint density at radius 1 is 1.33 bits per heavy atom. The first kappa shape index (κ1) is 12.9. The maximum absolute atomic E-state index is 5.70. The molecule has 2 aromatic heterocycles. The molecule has 0 saturated carbocycles. The van der Waals surface area contributed by atoms with Gasteiger partial charge in [0.1, 0.15) is 11.5 Å². The summed E-state index contributed by atoms with van der Waals surface area (Å²) in [6.45, 7) is 3.98. The van der Waals surface area contributed by atoms with Crippen LogP contribution in [-0.2, 0) is 26.4 Å². The lowest BCUT2D eigenvalue weighted by atomic mass is 10.2. The molecule has 2 rings (SSSR count). The predicted molar refractivity (Wildman–Crippen MR) is 71.3 cm³/mol. The molecule has 0 aliphatic carbocycles. The molecule has 2 heterocycles. The highest BCUT2D eigenvalue weighted by Gasteiger charge is 2.05. The fourth-order valence-corrected chi connectivity index (χ4v) is 1.96. The Morgan fingerprint density at radius 2 is 2.11 bits per heavy atom. The van der Waals surface area contributed by atoms with Gasteiger partial charge in [0.15, 0.2) is 0 Å². The molecule has 0 aliphatic rings. The summed E-state index contributed by atoms with van der Waals surface area (Å²) in [5.74, 6) is 2.10. The van der Waals surface area contributed by atoms with Crippen LogP contribution >= 0.6 is 0 Å². The van der Waals surface area contributed by atoms with Crippen molar-refractivity contribution in [3.63, 3.8) is 0 Å². The molecule has 0 amide bonds. The standard InChI is InChI=1S/C14H21N3O/c1-4-13-5-6-14(18-13)11-16(2)8-7-12-9-15-17(3)10-12/h5-6,9-10H,4,7-8,11H2,1-3H3. The molecule has 0 bridgehead atoms. The van der Waals surface area contributed by atoms with E-state index in [1.54, 1.807) is 0 Å². The van der Waals surface area contributed by atoms with Crippen molar-refractivity contribution in [2.24, 2.45) is 7.05 Å². The number of furan rings is 1. The van der Waals surface area contributed by atoms with E-state index in [4.69, 9.17) is 4.42 Å². The van der Waals surface area contributed by atoms with Crippen molar-refractivity contribution in [3.05, 3.63) is 41.6 Å². The van der Waals surface area contributed by atoms with Gasteiger partial charge in [-0.3, -0.25) is 9.58 Å². The summed E-state index contributed by atoms with van der Waals surface area (Å²) in [5, 5.41) is 4.17. The Labute approximate surface area is 108 Å². The van der Waals surface area contributed by atoms with E-state index >= 15 is 0 Å². The van der Waals surface area contributed by atoms with Gasteiger partial charge in [-0.25, -0.2) is 0 Å². The number of aromatic nitrogens is 2. The summed E-state index contributed by atoms with van der Waals surface area (Å²) < 4.78 is 7.54. The first-order valence-electron chi connectivity index (χ1n) is 6.41. The molecule has 0 aromatic carbocycles. The third kappa shape index (κ3) is 3.47. The van der Waals surface area contributed by atoms with Crippen LogP contribution in [0.5, 0.6) is 0 Å². The topological polar surface area (TPSA) is 34.2 Å². The molecule has 98 valence electrons. The quantitative estimate of drug-likeness (QED) is 0.785. The first-order valence-corrected chi connectivity index (χ1v) is 6.41. The molecule has 4 nitrogen and oxygen atoms in total. The van der Waals surface area contributed by atoms with Gasteiger partial charge in [0, 0.05) is 26.2 Å². The second-order valence-corrected chi connectivity index (χ2v) is 4.73. The van der Waals surface area contributed by atoms with Crippen molar-refractivity contribution in [3.8, 4) is 0 Å². The number of aryl methyl sites for hydroxylation is 2.